The monoisotopic (exact) mass is 372 g/mol. The van der Waals surface area contributed by atoms with Crippen LogP contribution in [-0.4, -0.2) is 11.1 Å². The van der Waals surface area contributed by atoms with Gasteiger partial charge in [0.15, 0.2) is 0 Å². The minimum Gasteiger partial charge on any atom is -0.481 e. The molecule has 0 amide bonds. The SMILES string of the molecule is CC1(C)CCC(C(=O)O)C(Cc2ccc(I)cc2)C1. The van der Waals surface area contributed by atoms with Crippen molar-refractivity contribution in [2.75, 3.05) is 0 Å². The van der Waals surface area contributed by atoms with Crippen LogP contribution in [0.3, 0.4) is 0 Å². The summed E-state index contributed by atoms with van der Waals surface area (Å²) >= 11 is 2.29. The van der Waals surface area contributed by atoms with Gasteiger partial charge >= 0.3 is 5.97 Å². The van der Waals surface area contributed by atoms with Gasteiger partial charge in [-0.05, 0) is 77.3 Å². The Bertz CT molecular complexity index is 450. The molecule has 2 rings (SSSR count). The summed E-state index contributed by atoms with van der Waals surface area (Å²) in [7, 11) is 0. The second-order valence-corrected chi connectivity index (χ2v) is 7.69. The lowest BCUT2D eigenvalue weighted by molar-refractivity contribution is -0.146. The van der Waals surface area contributed by atoms with Crippen LogP contribution in [0.4, 0.5) is 0 Å². The summed E-state index contributed by atoms with van der Waals surface area (Å²) in [5.74, 6) is -0.528. The summed E-state index contributed by atoms with van der Waals surface area (Å²) in [6, 6.07) is 8.45. The average molecular weight is 372 g/mol. The number of benzene rings is 1. The van der Waals surface area contributed by atoms with Crippen molar-refractivity contribution >= 4 is 28.6 Å². The zero-order valence-corrected chi connectivity index (χ0v) is 13.7. The quantitative estimate of drug-likeness (QED) is 0.801. The average Bonchev–Trinajstić information content (AvgIpc) is 2.30. The van der Waals surface area contributed by atoms with Gasteiger partial charge < -0.3 is 5.11 Å². The summed E-state index contributed by atoms with van der Waals surface area (Å²) in [6.07, 6.45) is 3.73. The van der Waals surface area contributed by atoms with E-state index < -0.39 is 5.97 Å². The minimum absolute atomic E-state index is 0.174. The minimum atomic E-state index is -0.619. The third-order valence-corrected chi connectivity index (χ3v) is 4.96. The first-order valence-electron chi connectivity index (χ1n) is 6.85. The molecular weight excluding hydrogens is 351 g/mol. The zero-order valence-electron chi connectivity index (χ0n) is 11.5. The molecule has 1 aliphatic carbocycles. The molecule has 2 nitrogen and oxygen atoms in total. The zero-order chi connectivity index (χ0) is 14.0. The fraction of sp³-hybridized carbons (Fsp3) is 0.562. The molecule has 0 bridgehead atoms. The van der Waals surface area contributed by atoms with Crippen molar-refractivity contribution in [3.63, 3.8) is 0 Å². The first-order chi connectivity index (χ1) is 8.87. The number of aliphatic carboxylic acids is 1. The molecule has 1 N–H and O–H groups in total. The largest absolute Gasteiger partial charge is 0.481 e. The van der Waals surface area contributed by atoms with Crippen LogP contribution >= 0.6 is 22.6 Å². The lowest BCUT2D eigenvalue weighted by Crippen LogP contribution is -2.35. The lowest BCUT2D eigenvalue weighted by Gasteiger charge is -2.39. The Morgan fingerprint density at radius 1 is 1.37 bits per heavy atom. The molecule has 0 aromatic heterocycles. The van der Waals surface area contributed by atoms with Crippen molar-refractivity contribution in [2.45, 2.75) is 39.5 Å². The van der Waals surface area contributed by atoms with Gasteiger partial charge in [-0.1, -0.05) is 26.0 Å². The predicted octanol–water partition coefficient (Wildman–Crippen LogP) is 4.36. The molecule has 1 aromatic carbocycles. The van der Waals surface area contributed by atoms with Gasteiger partial charge in [-0.25, -0.2) is 0 Å². The fourth-order valence-corrected chi connectivity index (χ4v) is 3.56. The molecule has 3 heteroatoms. The number of hydrogen-bond acceptors (Lipinski definition) is 1. The Kier molecular flexibility index (Phi) is 4.54. The number of carbonyl (C=O) groups is 1. The summed E-state index contributed by atoms with van der Waals surface area (Å²) in [6.45, 7) is 4.51. The highest BCUT2D eigenvalue weighted by Gasteiger charge is 2.38. The van der Waals surface area contributed by atoms with Gasteiger partial charge in [0.2, 0.25) is 0 Å². The third kappa shape index (κ3) is 3.94. The van der Waals surface area contributed by atoms with E-state index in [1.165, 1.54) is 9.13 Å². The van der Waals surface area contributed by atoms with Crippen molar-refractivity contribution in [1.29, 1.82) is 0 Å². The standard InChI is InChI=1S/C16H21IO2/c1-16(2)8-7-14(15(18)19)12(10-16)9-11-3-5-13(17)6-4-11/h3-6,12,14H,7-10H2,1-2H3,(H,18,19). The molecular formula is C16H21IO2. The third-order valence-electron chi connectivity index (χ3n) is 4.24. The summed E-state index contributed by atoms with van der Waals surface area (Å²) in [4.78, 5) is 11.4. The summed E-state index contributed by atoms with van der Waals surface area (Å²) < 4.78 is 1.22. The lowest BCUT2D eigenvalue weighted by atomic mass is 9.65. The van der Waals surface area contributed by atoms with Gasteiger partial charge in [-0.2, -0.15) is 0 Å². The number of hydrogen-bond donors (Lipinski definition) is 1. The van der Waals surface area contributed by atoms with Crippen LogP contribution in [0.15, 0.2) is 24.3 Å². The molecule has 0 spiro atoms. The number of carboxylic acids is 1. The Balaban J connectivity index is 2.13. The maximum absolute atomic E-state index is 11.4. The van der Waals surface area contributed by atoms with Crippen LogP contribution in [0.5, 0.6) is 0 Å². The van der Waals surface area contributed by atoms with Gasteiger partial charge in [0, 0.05) is 3.57 Å². The van der Waals surface area contributed by atoms with Gasteiger partial charge in [0.05, 0.1) is 5.92 Å². The molecule has 0 radical (unpaired) electrons. The summed E-state index contributed by atoms with van der Waals surface area (Å²) in [5.41, 5.74) is 1.54. The normalized spacial score (nSPS) is 26.1. The highest BCUT2D eigenvalue weighted by atomic mass is 127. The predicted molar refractivity (Wildman–Crippen MR) is 85.1 cm³/mol. The van der Waals surface area contributed by atoms with Gasteiger partial charge in [-0.15, -0.1) is 0 Å². The molecule has 1 aromatic rings. The molecule has 2 atom stereocenters. The number of halogens is 1. The van der Waals surface area contributed by atoms with E-state index in [9.17, 15) is 9.90 Å². The molecule has 0 aliphatic heterocycles. The maximum Gasteiger partial charge on any atom is 0.306 e. The van der Waals surface area contributed by atoms with E-state index in [1.807, 2.05) is 0 Å². The van der Waals surface area contributed by atoms with Gasteiger partial charge in [0.25, 0.3) is 0 Å². The van der Waals surface area contributed by atoms with E-state index >= 15 is 0 Å². The van der Waals surface area contributed by atoms with Crippen LogP contribution in [0.1, 0.15) is 38.7 Å². The number of carboxylic acid groups (broad SMARTS) is 1. The molecule has 2 unspecified atom stereocenters. The van der Waals surface area contributed by atoms with Crippen LogP contribution in [-0.2, 0) is 11.2 Å². The van der Waals surface area contributed by atoms with Crippen molar-refractivity contribution in [3.05, 3.63) is 33.4 Å². The van der Waals surface area contributed by atoms with Crippen molar-refractivity contribution in [2.24, 2.45) is 17.3 Å². The molecule has 19 heavy (non-hydrogen) atoms. The van der Waals surface area contributed by atoms with Gasteiger partial charge in [0.1, 0.15) is 0 Å². The Hall–Kier alpha value is -0.580. The second-order valence-electron chi connectivity index (χ2n) is 6.44. The van der Waals surface area contributed by atoms with E-state index in [0.717, 1.165) is 25.7 Å². The molecule has 1 fully saturated rings. The van der Waals surface area contributed by atoms with Crippen LogP contribution < -0.4 is 0 Å². The van der Waals surface area contributed by atoms with E-state index in [0.29, 0.717) is 0 Å². The van der Waals surface area contributed by atoms with E-state index in [2.05, 4.69) is 60.7 Å². The number of rotatable bonds is 3. The molecule has 104 valence electrons. The molecule has 0 saturated heterocycles. The van der Waals surface area contributed by atoms with Crippen LogP contribution in [0, 0.1) is 20.8 Å². The summed E-state index contributed by atoms with van der Waals surface area (Å²) in [5, 5.41) is 9.40. The fourth-order valence-electron chi connectivity index (χ4n) is 3.20. The smallest absolute Gasteiger partial charge is 0.306 e. The first-order valence-corrected chi connectivity index (χ1v) is 7.92. The molecule has 1 saturated carbocycles. The molecule has 1 aliphatic rings. The highest BCUT2D eigenvalue weighted by Crippen LogP contribution is 2.43. The highest BCUT2D eigenvalue weighted by molar-refractivity contribution is 14.1. The van der Waals surface area contributed by atoms with E-state index in [4.69, 9.17) is 0 Å². The molecule has 0 heterocycles. The van der Waals surface area contributed by atoms with Gasteiger partial charge in [-0.3, -0.25) is 4.79 Å². The Morgan fingerprint density at radius 2 is 2.00 bits per heavy atom. The van der Waals surface area contributed by atoms with Crippen LogP contribution in [0.2, 0.25) is 0 Å². The first kappa shape index (κ1) is 14.8. The van der Waals surface area contributed by atoms with Crippen molar-refractivity contribution in [3.8, 4) is 0 Å². The van der Waals surface area contributed by atoms with E-state index in [-0.39, 0.29) is 17.3 Å². The topological polar surface area (TPSA) is 37.3 Å². The van der Waals surface area contributed by atoms with Crippen molar-refractivity contribution in [1.82, 2.24) is 0 Å². The van der Waals surface area contributed by atoms with E-state index in [1.54, 1.807) is 0 Å². The maximum atomic E-state index is 11.4. The van der Waals surface area contributed by atoms with Crippen molar-refractivity contribution < 1.29 is 9.90 Å². The Morgan fingerprint density at radius 3 is 2.58 bits per heavy atom. The Labute approximate surface area is 128 Å². The van der Waals surface area contributed by atoms with Crippen LogP contribution in [0.25, 0.3) is 0 Å². The second kappa shape index (κ2) is 5.81.